The average Bonchev–Trinajstić information content (AvgIpc) is 2.83. The molecule has 0 unspecified atom stereocenters. The number of hydrogen-bond acceptors (Lipinski definition) is 0. The van der Waals surface area contributed by atoms with Gasteiger partial charge in [-0.2, -0.15) is 0 Å². The molecule has 2 aliphatic carbocycles. The molecule has 0 bridgehead atoms. The summed E-state index contributed by atoms with van der Waals surface area (Å²) < 4.78 is 0. The molecular formula is C31H44. The number of rotatable bonds is 8. The zero-order valence-corrected chi connectivity index (χ0v) is 20.1. The quantitative estimate of drug-likeness (QED) is 0.376. The lowest BCUT2D eigenvalue weighted by molar-refractivity contribution is 0.152. The van der Waals surface area contributed by atoms with Gasteiger partial charge in [0, 0.05) is 0 Å². The van der Waals surface area contributed by atoms with Gasteiger partial charge in [0.2, 0.25) is 0 Å². The molecular weight excluding hydrogens is 372 g/mol. The number of allylic oxidation sites excluding steroid dienone is 2. The van der Waals surface area contributed by atoms with Gasteiger partial charge in [0.25, 0.3) is 0 Å². The second-order valence-corrected chi connectivity index (χ2v) is 10.6. The highest BCUT2D eigenvalue weighted by Gasteiger charge is 2.30. The van der Waals surface area contributed by atoms with Crippen LogP contribution in [0.3, 0.4) is 0 Å². The minimum Gasteiger partial charge on any atom is -0.0883 e. The Morgan fingerprint density at radius 1 is 0.742 bits per heavy atom. The van der Waals surface area contributed by atoms with E-state index in [-0.39, 0.29) is 0 Å². The Bertz CT molecular complexity index is 828. The summed E-state index contributed by atoms with van der Waals surface area (Å²) in [6.45, 7) is 4.52. The molecule has 0 N–H and O–H groups in total. The maximum Gasteiger partial charge on any atom is -0.0181 e. The molecule has 0 atom stereocenters. The fourth-order valence-electron chi connectivity index (χ4n) is 6.30. The minimum absolute atomic E-state index is 0.884. The van der Waals surface area contributed by atoms with Crippen LogP contribution in [-0.4, -0.2) is 0 Å². The first-order valence-corrected chi connectivity index (χ1v) is 13.4. The molecule has 2 aromatic rings. The second-order valence-electron chi connectivity index (χ2n) is 10.6. The summed E-state index contributed by atoms with van der Waals surface area (Å²) in [5.74, 6) is 3.91. The van der Waals surface area contributed by atoms with Crippen LogP contribution in [0.2, 0.25) is 0 Å². The SMILES string of the molecule is CCC/C=C/C1CCC(C2CCC(CCc3ccc4cc(CC)ccc4c3)CC2)CC1. The first-order valence-electron chi connectivity index (χ1n) is 13.4. The number of hydrogen-bond donors (Lipinski definition) is 0. The molecule has 0 heterocycles. The van der Waals surface area contributed by atoms with Crippen molar-refractivity contribution in [2.75, 3.05) is 0 Å². The van der Waals surface area contributed by atoms with E-state index in [1.165, 1.54) is 98.9 Å². The molecule has 0 nitrogen and oxygen atoms in total. The highest BCUT2D eigenvalue weighted by Crippen LogP contribution is 2.42. The highest BCUT2D eigenvalue weighted by atomic mass is 14.4. The maximum atomic E-state index is 2.53. The molecule has 168 valence electrons. The predicted molar refractivity (Wildman–Crippen MR) is 137 cm³/mol. The van der Waals surface area contributed by atoms with E-state index in [2.05, 4.69) is 62.4 Å². The fraction of sp³-hybridized carbons (Fsp3) is 0.613. The molecule has 0 saturated heterocycles. The van der Waals surface area contributed by atoms with Crippen molar-refractivity contribution in [3.63, 3.8) is 0 Å². The van der Waals surface area contributed by atoms with Gasteiger partial charge in [-0.05, 0) is 110 Å². The topological polar surface area (TPSA) is 0 Å². The zero-order chi connectivity index (χ0) is 21.5. The van der Waals surface area contributed by atoms with Crippen molar-refractivity contribution in [2.45, 2.75) is 97.3 Å². The third-order valence-corrected chi connectivity index (χ3v) is 8.46. The maximum absolute atomic E-state index is 2.53. The second kappa shape index (κ2) is 11.3. The molecule has 0 heteroatoms. The fourth-order valence-corrected chi connectivity index (χ4v) is 6.30. The Morgan fingerprint density at radius 3 is 2.00 bits per heavy atom. The van der Waals surface area contributed by atoms with Crippen molar-refractivity contribution in [2.24, 2.45) is 23.7 Å². The van der Waals surface area contributed by atoms with E-state index >= 15 is 0 Å². The lowest BCUT2D eigenvalue weighted by Gasteiger charge is -2.37. The lowest BCUT2D eigenvalue weighted by atomic mass is 9.68. The smallest absolute Gasteiger partial charge is 0.0181 e. The van der Waals surface area contributed by atoms with E-state index in [1.54, 1.807) is 0 Å². The average molecular weight is 417 g/mol. The van der Waals surface area contributed by atoms with E-state index in [0.29, 0.717) is 0 Å². The number of unbranched alkanes of at least 4 members (excludes halogenated alkanes) is 1. The van der Waals surface area contributed by atoms with Gasteiger partial charge < -0.3 is 0 Å². The summed E-state index contributed by atoms with van der Waals surface area (Å²) in [6.07, 6.45) is 23.2. The Balaban J connectivity index is 1.20. The molecule has 0 aliphatic heterocycles. The van der Waals surface area contributed by atoms with Crippen molar-refractivity contribution < 1.29 is 0 Å². The van der Waals surface area contributed by atoms with Gasteiger partial charge in [-0.3, -0.25) is 0 Å². The monoisotopic (exact) mass is 416 g/mol. The van der Waals surface area contributed by atoms with E-state index in [0.717, 1.165) is 30.1 Å². The molecule has 0 spiro atoms. The molecule has 2 fully saturated rings. The Morgan fingerprint density at radius 2 is 1.35 bits per heavy atom. The van der Waals surface area contributed by atoms with Gasteiger partial charge in [-0.15, -0.1) is 0 Å². The van der Waals surface area contributed by atoms with Crippen LogP contribution >= 0.6 is 0 Å². The van der Waals surface area contributed by atoms with Crippen LogP contribution in [-0.2, 0) is 12.8 Å². The molecule has 31 heavy (non-hydrogen) atoms. The van der Waals surface area contributed by atoms with Crippen molar-refractivity contribution in [3.05, 3.63) is 59.7 Å². The number of aryl methyl sites for hydroxylation is 2. The van der Waals surface area contributed by atoms with Crippen molar-refractivity contribution in [1.82, 2.24) is 0 Å². The first kappa shape index (κ1) is 22.6. The summed E-state index contributed by atoms with van der Waals surface area (Å²) in [6, 6.07) is 14.1. The molecule has 0 aromatic heterocycles. The molecule has 2 aromatic carbocycles. The molecule has 2 aliphatic rings. The normalized spacial score (nSPS) is 27.2. The Labute approximate surface area is 191 Å². The Kier molecular flexibility index (Phi) is 8.28. The highest BCUT2D eigenvalue weighted by molar-refractivity contribution is 5.83. The number of benzene rings is 2. The van der Waals surface area contributed by atoms with Crippen LogP contribution in [0, 0.1) is 23.7 Å². The lowest BCUT2D eigenvalue weighted by Crippen LogP contribution is -2.25. The van der Waals surface area contributed by atoms with Crippen LogP contribution in [0.4, 0.5) is 0 Å². The van der Waals surface area contributed by atoms with Gasteiger partial charge >= 0.3 is 0 Å². The van der Waals surface area contributed by atoms with Gasteiger partial charge in [-0.1, -0.05) is 81.7 Å². The van der Waals surface area contributed by atoms with Gasteiger partial charge in [-0.25, -0.2) is 0 Å². The van der Waals surface area contributed by atoms with E-state index in [1.807, 2.05) is 0 Å². The summed E-state index contributed by atoms with van der Waals surface area (Å²) in [4.78, 5) is 0. The van der Waals surface area contributed by atoms with E-state index < -0.39 is 0 Å². The third kappa shape index (κ3) is 6.24. The van der Waals surface area contributed by atoms with Crippen LogP contribution in [0.15, 0.2) is 48.6 Å². The van der Waals surface area contributed by atoms with Crippen molar-refractivity contribution >= 4 is 10.8 Å². The predicted octanol–water partition coefficient (Wildman–Crippen LogP) is 9.30. The summed E-state index contributed by atoms with van der Waals surface area (Å²) in [5, 5.41) is 2.82. The summed E-state index contributed by atoms with van der Waals surface area (Å²) in [5.41, 5.74) is 2.98. The Hall–Kier alpha value is -1.56. The summed E-state index contributed by atoms with van der Waals surface area (Å²) >= 11 is 0. The van der Waals surface area contributed by atoms with E-state index in [9.17, 15) is 0 Å². The summed E-state index contributed by atoms with van der Waals surface area (Å²) in [7, 11) is 0. The molecule has 4 rings (SSSR count). The third-order valence-electron chi connectivity index (χ3n) is 8.46. The van der Waals surface area contributed by atoms with Crippen LogP contribution in [0.1, 0.15) is 95.6 Å². The molecule has 0 radical (unpaired) electrons. The molecule has 0 amide bonds. The van der Waals surface area contributed by atoms with Gasteiger partial charge in [0.1, 0.15) is 0 Å². The van der Waals surface area contributed by atoms with Gasteiger partial charge in [0.05, 0.1) is 0 Å². The van der Waals surface area contributed by atoms with E-state index in [4.69, 9.17) is 0 Å². The first-order chi connectivity index (χ1) is 15.2. The van der Waals surface area contributed by atoms with Gasteiger partial charge in [0.15, 0.2) is 0 Å². The standard InChI is InChI=1S/C31H44/c1-3-5-6-7-25-11-16-28(17-12-25)29-18-13-26(14-19-29)8-9-27-15-21-30-22-24(4-2)10-20-31(30)23-27/h6-7,10,15,20-23,25-26,28-29H,3-5,8-9,11-14,16-19H2,1-2H3/b7-6+. The zero-order valence-electron chi connectivity index (χ0n) is 20.1. The largest absolute Gasteiger partial charge is 0.0883 e. The van der Waals surface area contributed by atoms with Crippen molar-refractivity contribution in [3.8, 4) is 0 Å². The van der Waals surface area contributed by atoms with Crippen LogP contribution < -0.4 is 0 Å². The van der Waals surface area contributed by atoms with Crippen molar-refractivity contribution in [1.29, 1.82) is 0 Å². The molecule has 2 saturated carbocycles. The van der Waals surface area contributed by atoms with Crippen LogP contribution in [0.5, 0.6) is 0 Å². The van der Waals surface area contributed by atoms with Crippen LogP contribution in [0.25, 0.3) is 10.8 Å². The minimum atomic E-state index is 0.884. The number of fused-ring (bicyclic) bond motifs is 1.